The minimum atomic E-state index is 0.508. The summed E-state index contributed by atoms with van der Waals surface area (Å²) in [7, 11) is 3.15. The summed E-state index contributed by atoms with van der Waals surface area (Å²) >= 11 is 0. The summed E-state index contributed by atoms with van der Waals surface area (Å²) in [5.41, 5.74) is 7.63. The van der Waals surface area contributed by atoms with Crippen LogP contribution in [-0.2, 0) is 6.42 Å². The maximum atomic E-state index is 6.00. The number of hydrogen-bond acceptors (Lipinski definition) is 4. The molecule has 4 heteroatoms. The first-order valence-corrected chi connectivity index (χ1v) is 6.46. The van der Waals surface area contributed by atoms with Crippen LogP contribution in [0.3, 0.4) is 0 Å². The van der Waals surface area contributed by atoms with Crippen LogP contribution in [0.15, 0.2) is 36.4 Å². The fraction of sp³-hybridized carbons (Fsp3) is 0.250. The summed E-state index contributed by atoms with van der Waals surface area (Å²) in [5.74, 6) is 2.53. The average molecular weight is 273 g/mol. The minimum Gasteiger partial charge on any atom is -0.493 e. The third-order valence-corrected chi connectivity index (χ3v) is 3.09. The Balaban J connectivity index is 2.38. The lowest BCUT2D eigenvalue weighted by Gasteiger charge is -2.14. The van der Waals surface area contributed by atoms with Crippen molar-refractivity contribution < 1.29 is 14.2 Å². The number of hydrogen-bond donors (Lipinski definition) is 1. The summed E-state index contributed by atoms with van der Waals surface area (Å²) in [6, 6.07) is 11.3. The quantitative estimate of drug-likeness (QED) is 0.845. The highest BCUT2D eigenvalue weighted by Crippen LogP contribution is 2.38. The second kappa shape index (κ2) is 6.19. The van der Waals surface area contributed by atoms with Gasteiger partial charge in [0.2, 0.25) is 0 Å². The summed E-state index contributed by atoms with van der Waals surface area (Å²) < 4.78 is 16.4. The first-order chi connectivity index (χ1) is 9.69. The Morgan fingerprint density at radius 1 is 0.900 bits per heavy atom. The van der Waals surface area contributed by atoms with E-state index in [0.717, 1.165) is 17.7 Å². The Morgan fingerprint density at radius 2 is 1.55 bits per heavy atom. The molecule has 4 nitrogen and oxygen atoms in total. The first-order valence-electron chi connectivity index (χ1n) is 6.46. The predicted octanol–water partition coefficient (Wildman–Crippen LogP) is 3.64. The Hall–Kier alpha value is -2.36. The predicted molar refractivity (Wildman–Crippen MR) is 79.9 cm³/mol. The zero-order valence-corrected chi connectivity index (χ0v) is 12.0. The molecule has 0 heterocycles. The van der Waals surface area contributed by atoms with Crippen LogP contribution in [0.4, 0.5) is 5.69 Å². The average Bonchev–Trinajstić information content (AvgIpc) is 2.49. The molecule has 2 N–H and O–H groups in total. The highest BCUT2D eigenvalue weighted by molar-refractivity contribution is 5.63. The van der Waals surface area contributed by atoms with E-state index < -0.39 is 0 Å². The molecule has 0 aliphatic heterocycles. The van der Waals surface area contributed by atoms with Crippen molar-refractivity contribution in [2.24, 2.45) is 0 Å². The third-order valence-electron chi connectivity index (χ3n) is 3.09. The van der Waals surface area contributed by atoms with E-state index in [2.05, 4.69) is 6.92 Å². The molecule has 0 aromatic heterocycles. The smallest absolute Gasteiger partial charge is 0.164 e. The van der Waals surface area contributed by atoms with Gasteiger partial charge in [-0.3, -0.25) is 0 Å². The molecule has 0 bridgehead atoms. The SMILES string of the molecule is CCc1ccccc1Oc1cc(OC)c(OC)cc1N. The van der Waals surface area contributed by atoms with E-state index in [1.165, 1.54) is 0 Å². The van der Waals surface area contributed by atoms with Crippen LogP contribution in [0.2, 0.25) is 0 Å². The zero-order valence-electron chi connectivity index (χ0n) is 12.0. The monoisotopic (exact) mass is 273 g/mol. The van der Waals surface area contributed by atoms with Gasteiger partial charge in [0.05, 0.1) is 19.9 Å². The molecular formula is C16H19NO3. The van der Waals surface area contributed by atoms with Crippen molar-refractivity contribution in [1.82, 2.24) is 0 Å². The molecule has 0 amide bonds. The first kappa shape index (κ1) is 14.1. The number of nitrogens with two attached hydrogens (primary N) is 1. The van der Waals surface area contributed by atoms with Gasteiger partial charge in [0.25, 0.3) is 0 Å². The van der Waals surface area contributed by atoms with E-state index in [0.29, 0.717) is 22.9 Å². The zero-order chi connectivity index (χ0) is 14.5. The molecular weight excluding hydrogens is 254 g/mol. The van der Waals surface area contributed by atoms with Crippen LogP contribution in [0, 0.1) is 0 Å². The lowest BCUT2D eigenvalue weighted by Crippen LogP contribution is -1.98. The van der Waals surface area contributed by atoms with Gasteiger partial charge in [-0.15, -0.1) is 0 Å². The Bertz CT molecular complexity index is 596. The van der Waals surface area contributed by atoms with Crippen LogP contribution in [0.1, 0.15) is 12.5 Å². The molecule has 0 saturated carbocycles. The number of anilines is 1. The number of para-hydroxylation sites is 1. The molecule has 0 fully saturated rings. The van der Waals surface area contributed by atoms with Gasteiger partial charge >= 0.3 is 0 Å². The highest BCUT2D eigenvalue weighted by Gasteiger charge is 2.12. The molecule has 0 aliphatic carbocycles. The molecule has 0 unspecified atom stereocenters. The van der Waals surface area contributed by atoms with Crippen molar-refractivity contribution in [3.05, 3.63) is 42.0 Å². The largest absolute Gasteiger partial charge is 0.493 e. The van der Waals surface area contributed by atoms with Gasteiger partial charge in [0.1, 0.15) is 5.75 Å². The maximum Gasteiger partial charge on any atom is 0.164 e. The van der Waals surface area contributed by atoms with Crippen molar-refractivity contribution in [3.63, 3.8) is 0 Å². The molecule has 0 radical (unpaired) electrons. The van der Waals surface area contributed by atoms with Gasteiger partial charge in [-0.25, -0.2) is 0 Å². The fourth-order valence-corrected chi connectivity index (χ4v) is 1.98. The molecule has 2 aromatic rings. The van der Waals surface area contributed by atoms with E-state index in [1.54, 1.807) is 26.4 Å². The van der Waals surface area contributed by atoms with Gasteiger partial charge in [-0.2, -0.15) is 0 Å². The molecule has 0 atom stereocenters. The van der Waals surface area contributed by atoms with Gasteiger partial charge in [0.15, 0.2) is 17.2 Å². The van der Waals surface area contributed by atoms with Gasteiger partial charge < -0.3 is 19.9 Å². The van der Waals surface area contributed by atoms with E-state index in [1.807, 2.05) is 24.3 Å². The molecule has 0 spiro atoms. The van der Waals surface area contributed by atoms with Crippen molar-refractivity contribution >= 4 is 5.69 Å². The topological polar surface area (TPSA) is 53.7 Å². The van der Waals surface area contributed by atoms with Crippen LogP contribution in [0.5, 0.6) is 23.0 Å². The summed E-state index contributed by atoms with van der Waals surface area (Å²) in [6.45, 7) is 2.08. The Labute approximate surface area is 119 Å². The number of methoxy groups -OCH3 is 2. The second-order valence-corrected chi connectivity index (χ2v) is 4.31. The molecule has 2 aromatic carbocycles. The van der Waals surface area contributed by atoms with Gasteiger partial charge in [-0.05, 0) is 18.1 Å². The number of aryl methyl sites for hydroxylation is 1. The molecule has 0 saturated heterocycles. The molecule has 106 valence electrons. The number of nitrogen functional groups attached to an aromatic ring is 1. The minimum absolute atomic E-state index is 0.508. The van der Waals surface area contributed by atoms with Crippen molar-refractivity contribution in [2.75, 3.05) is 20.0 Å². The van der Waals surface area contributed by atoms with Crippen LogP contribution >= 0.6 is 0 Å². The van der Waals surface area contributed by atoms with E-state index in [4.69, 9.17) is 19.9 Å². The van der Waals surface area contributed by atoms with Gasteiger partial charge in [-0.1, -0.05) is 25.1 Å². The standard InChI is InChI=1S/C16H19NO3/c1-4-11-7-5-6-8-13(11)20-14-10-16(19-3)15(18-2)9-12(14)17/h5-10H,4,17H2,1-3H3. The fourth-order valence-electron chi connectivity index (χ4n) is 1.98. The summed E-state index contributed by atoms with van der Waals surface area (Å²) in [6.07, 6.45) is 0.892. The lowest BCUT2D eigenvalue weighted by atomic mass is 10.1. The van der Waals surface area contributed by atoms with Crippen molar-refractivity contribution in [3.8, 4) is 23.0 Å². The third kappa shape index (κ3) is 2.79. The number of ether oxygens (including phenoxy) is 3. The second-order valence-electron chi connectivity index (χ2n) is 4.31. The Kier molecular flexibility index (Phi) is 4.35. The van der Waals surface area contributed by atoms with Crippen LogP contribution in [0.25, 0.3) is 0 Å². The van der Waals surface area contributed by atoms with Crippen LogP contribution < -0.4 is 19.9 Å². The van der Waals surface area contributed by atoms with Crippen LogP contribution in [-0.4, -0.2) is 14.2 Å². The van der Waals surface area contributed by atoms with Gasteiger partial charge in [0, 0.05) is 12.1 Å². The normalized spacial score (nSPS) is 10.2. The summed E-state index contributed by atoms with van der Waals surface area (Å²) in [4.78, 5) is 0. The molecule has 2 rings (SSSR count). The Morgan fingerprint density at radius 3 is 2.20 bits per heavy atom. The van der Waals surface area contributed by atoms with E-state index >= 15 is 0 Å². The van der Waals surface area contributed by atoms with E-state index in [-0.39, 0.29) is 0 Å². The number of benzene rings is 2. The summed E-state index contributed by atoms with van der Waals surface area (Å²) in [5, 5.41) is 0. The lowest BCUT2D eigenvalue weighted by molar-refractivity contribution is 0.352. The van der Waals surface area contributed by atoms with E-state index in [9.17, 15) is 0 Å². The molecule has 0 aliphatic rings. The maximum absolute atomic E-state index is 6.00. The van der Waals surface area contributed by atoms with Crippen molar-refractivity contribution in [1.29, 1.82) is 0 Å². The number of rotatable bonds is 5. The molecule has 20 heavy (non-hydrogen) atoms. The van der Waals surface area contributed by atoms with Crippen molar-refractivity contribution in [2.45, 2.75) is 13.3 Å². The highest BCUT2D eigenvalue weighted by atomic mass is 16.5.